The lowest BCUT2D eigenvalue weighted by Crippen LogP contribution is -2.46. The molecular weight excluding hydrogens is 402 g/mol. The number of benzene rings is 2. The van der Waals surface area contributed by atoms with Gasteiger partial charge in [0, 0.05) is 17.3 Å². The molecule has 0 bridgehead atoms. The highest BCUT2D eigenvalue weighted by atomic mass is 19.1. The Bertz CT molecular complexity index is 1060. The minimum Gasteiger partial charge on any atom is -0.459 e. The highest BCUT2D eigenvalue weighted by molar-refractivity contribution is 6.08. The third kappa shape index (κ3) is 4.50. The maximum absolute atomic E-state index is 14.9. The molecule has 31 heavy (non-hydrogen) atoms. The van der Waals surface area contributed by atoms with Gasteiger partial charge in [-0.1, -0.05) is 37.1 Å². The van der Waals surface area contributed by atoms with E-state index in [1.807, 2.05) is 0 Å². The van der Waals surface area contributed by atoms with Gasteiger partial charge in [-0.05, 0) is 49.2 Å². The van der Waals surface area contributed by atoms with Crippen LogP contribution in [0.15, 0.2) is 71.3 Å². The number of rotatable bonds is 6. The molecule has 2 amide bonds. The highest BCUT2D eigenvalue weighted by Crippen LogP contribution is 2.32. The number of anilines is 1. The minimum absolute atomic E-state index is 0.0159. The molecule has 1 fully saturated rings. The molecule has 1 atom stereocenters. The molecule has 1 aromatic heterocycles. The molecule has 2 aromatic carbocycles. The van der Waals surface area contributed by atoms with E-state index in [0.29, 0.717) is 0 Å². The maximum Gasteiger partial charge on any atom is 0.294 e. The van der Waals surface area contributed by atoms with Crippen LogP contribution < -0.4 is 10.2 Å². The first-order valence-electron chi connectivity index (χ1n) is 10.2. The predicted molar refractivity (Wildman–Crippen MR) is 111 cm³/mol. The minimum atomic E-state index is -1.35. The molecule has 0 spiro atoms. The Morgan fingerprint density at radius 2 is 1.77 bits per heavy atom. The lowest BCUT2D eigenvalue weighted by atomic mass is 10.0. The Labute approximate surface area is 178 Å². The zero-order chi connectivity index (χ0) is 21.8. The smallest absolute Gasteiger partial charge is 0.294 e. The quantitative estimate of drug-likeness (QED) is 0.605. The van der Waals surface area contributed by atoms with E-state index in [1.54, 1.807) is 6.07 Å². The van der Waals surface area contributed by atoms with Gasteiger partial charge in [-0.25, -0.2) is 8.78 Å². The summed E-state index contributed by atoms with van der Waals surface area (Å²) < 4.78 is 34.2. The number of amides is 2. The van der Waals surface area contributed by atoms with Crippen LogP contribution in [-0.2, 0) is 4.79 Å². The number of nitrogens with zero attached hydrogens (tertiary/aromatic N) is 1. The van der Waals surface area contributed by atoms with Gasteiger partial charge < -0.3 is 9.73 Å². The predicted octanol–water partition coefficient (Wildman–Crippen LogP) is 5.00. The zero-order valence-electron chi connectivity index (χ0n) is 16.8. The second-order valence-electron chi connectivity index (χ2n) is 7.55. The van der Waals surface area contributed by atoms with Crippen LogP contribution in [0.1, 0.15) is 47.8 Å². The maximum atomic E-state index is 14.9. The van der Waals surface area contributed by atoms with Crippen molar-refractivity contribution in [2.24, 2.45) is 0 Å². The SMILES string of the molecule is O=C(NC1CCCC1)C(c1ccccc1F)N(C(=O)c1ccco1)c1cccc(F)c1. The van der Waals surface area contributed by atoms with Crippen molar-refractivity contribution in [3.63, 3.8) is 0 Å². The Hall–Kier alpha value is -3.48. The highest BCUT2D eigenvalue weighted by Gasteiger charge is 2.37. The second-order valence-corrected chi connectivity index (χ2v) is 7.55. The average molecular weight is 424 g/mol. The van der Waals surface area contributed by atoms with E-state index in [9.17, 15) is 18.4 Å². The van der Waals surface area contributed by atoms with E-state index in [4.69, 9.17) is 4.42 Å². The monoisotopic (exact) mass is 424 g/mol. The van der Waals surface area contributed by atoms with Gasteiger partial charge in [-0.15, -0.1) is 0 Å². The van der Waals surface area contributed by atoms with Crippen LogP contribution in [0.4, 0.5) is 14.5 Å². The summed E-state index contributed by atoms with van der Waals surface area (Å²) in [6.45, 7) is 0. The third-order valence-electron chi connectivity index (χ3n) is 5.45. The normalized spacial score (nSPS) is 14.9. The van der Waals surface area contributed by atoms with Crippen molar-refractivity contribution in [1.29, 1.82) is 0 Å². The standard InChI is InChI=1S/C24H22F2N2O3/c25-16-7-5-10-18(15-16)28(24(30)21-13-6-14-31-21)22(19-11-3-4-12-20(19)26)23(29)27-17-8-1-2-9-17/h3-7,10-15,17,22H,1-2,8-9H2,(H,27,29). The Morgan fingerprint density at radius 3 is 2.45 bits per heavy atom. The summed E-state index contributed by atoms with van der Waals surface area (Å²) in [5.41, 5.74) is 0.137. The van der Waals surface area contributed by atoms with Crippen molar-refractivity contribution in [3.05, 3.63) is 89.9 Å². The summed E-state index contributed by atoms with van der Waals surface area (Å²) in [6.07, 6.45) is 4.96. The largest absolute Gasteiger partial charge is 0.459 e. The number of nitrogens with one attached hydrogen (secondary N) is 1. The fourth-order valence-electron chi connectivity index (χ4n) is 3.97. The molecule has 7 heteroatoms. The van der Waals surface area contributed by atoms with E-state index < -0.39 is 29.5 Å². The van der Waals surface area contributed by atoms with Crippen molar-refractivity contribution in [2.75, 3.05) is 4.90 Å². The van der Waals surface area contributed by atoms with Crippen molar-refractivity contribution in [2.45, 2.75) is 37.8 Å². The summed E-state index contributed by atoms with van der Waals surface area (Å²) >= 11 is 0. The van der Waals surface area contributed by atoms with Gasteiger partial charge in [0.25, 0.3) is 5.91 Å². The van der Waals surface area contributed by atoms with Gasteiger partial charge in [0.1, 0.15) is 17.7 Å². The van der Waals surface area contributed by atoms with Gasteiger partial charge in [-0.2, -0.15) is 0 Å². The first kappa shape index (κ1) is 20.8. The van der Waals surface area contributed by atoms with Crippen molar-refractivity contribution >= 4 is 17.5 Å². The number of halogens is 2. The van der Waals surface area contributed by atoms with Gasteiger partial charge >= 0.3 is 0 Å². The summed E-state index contributed by atoms with van der Waals surface area (Å²) in [5, 5.41) is 2.95. The van der Waals surface area contributed by atoms with E-state index in [1.165, 1.54) is 54.8 Å². The van der Waals surface area contributed by atoms with E-state index in [0.717, 1.165) is 36.6 Å². The Kier molecular flexibility index (Phi) is 6.11. The number of carbonyl (C=O) groups excluding carboxylic acids is 2. The van der Waals surface area contributed by atoms with Crippen LogP contribution in [-0.4, -0.2) is 17.9 Å². The van der Waals surface area contributed by atoms with Crippen LogP contribution in [0.3, 0.4) is 0 Å². The Balaban J connectivity index is 1.83. The molecule has 1 N–H and O–H groups in total. The number of carbonyl (C=O) groups is 2. The molecule has 1 saturated carbocycles. The molecule has 0 saturated heterocycles. The van der Waals surface area contributed by atoms with Crippen LogP contribution >= 0.6 is 0 Å². The molecule has 1 aliphatic rings. The molecule has 1 unspecified atom stereocenters. The molecule has 1 heterocycles. The number of hydrogen-bond acceptors (Lipinski definition) is 3. The van der Waals surface area contributed by atoms with E-state index in [2.05, 4.69) is 5.32 Å². The summed E-state index contributed by atoms with van der Waals surface area (Å²) in [7, 11) is 0. The number of hydrogen-bond donors (Lipinski definition) is 1. The molecule has 5 nitrogen and oxygen atoms in total. The van der Waals surface area contributed by atoms with Crippen LogP contribution in [0.25, 0.3) is 0 Å². The summed E-state index contributed by atoms with van der Waals surface area (Å²) in [6, 6.07) is 12.7. The van der Waals surface area contributed by atoms with Gasteiger partial charge in [0.05, 0.1) is 6.26 Å². The van der Waals surface area contributed by atoms with Gasteiger partial charge in [0.15, 0.2) is 5.76 Å². The zero-order valence-corrected chi connectivity index (χ0v) is 16.8. The van der Waals surface area contributed by atoms with Gasteiger partial charge in [0.2, 0.25) is 5.91 Å². The van der Waals surface area contributed by atoms with E-state index in [-0.39, 0.29) is 23.1 Å². The molecule has 160 valence electrons. The van der Waals surface area contributed by atoms with Gasteiger partial charge in [-0.3, -0.25) is 14.5 Å². The molecule has 0 aliphatic heterocycles. The topological polar surface area (TPSA) is 62.6 Å². The first-order valence-corrected chi connectivity index (χ1v) is 10.2. The van der Waals surface area contributed by atoms with Crippen molar-refractivity contribution in [1.82, 2.24) is 5.32 Å². The fourth-order valence-corrected chi connectivity index (χ4v) is 3.97. The second kappa shape index (κ2) is 9.12. The van der Waals surface area contributed by atoms with Crippen LogP contribution in [0.5, 0.6) is 0 Å². The third-order valence-corrected chi connectivity index (χ3v) is 5.45. The molecule has 4 rings (SSSR count). The summed E-state index contributed by atoms with van der Waals surface area (Å²) in [4.78, 5) is 27.9. The van der Waals surface area contributed by atoms with E-state index >= 15 is 0 Å². The lowest BCUT2D eigenvalue weighted by molar-refractivity contribution is -0.123. The number of furan rings is 1. The first-order chi connectivity index (χ1) is 15.0. The average Bonchev–Trinajstić information content (AvgIpc) is 3.46. The molecular formula is C24H22F2N2O3. The molecule has 1 aliphatic carbocycles. The van der Waals surface area contributed by atoms with Crippen LogP contribution in [0, 0.1) is 11.6 Å². The Morgan fingerprint density at radius 1 is 1.00 bits per heavy atom. The van der Waals surface area contributed by atoms with Crippen molar-refractivity contribution in [3.8, 4) is 0 Å². The van der Waals surface area contributed by atoms with Crippen molar-refractivity contribution < 1.29 is 22.8 Å². The fraction of sp³-hybridized carbons (Fsp3) is 0.250. The molecule has 3 aromatic rings. The van der Waals surface area contributed by atoms with Crippen LogP contribution in [0.2, 0.25) is 0 Å². The summed E-state index contributed by atoms with van der Waals surface area (Å²) in [5.74, 6) is -2.47. The lowest BCUT2D eigenvalue weighted by Gasteiger charge is -2.32. The molecule has 0 radical (unpaired) electrons.